The number of fused-ring (bicyclic) bond motifs is 2. The lowest BCUT2D eigenvalue weighted by Crippen LogP contribution is -2.48. The third-order valence-corrected chi connectivity index (χ3v) is 4.35. The highest BCUT2D eigenvalue weighted by Gasteiger charge is 2.45. The Hall–Kier alpha value is -2.75. The molecule has 0 saturated carbocycles. The summed E-state index contributed by atoms with van der Waals surface area (Å²) in [5.74, 6) is 0. The molecule has 2 atom stereocenters. The average molecular weight is 313 g/mol. The Bertz CT molecular complexity index is 694. The summed E-state index contributed by atoms with van der Waals surface area (Å²) in [4.78, 5) is 21.0. The second-order valence-corrected chi connectivity index (χ2v) is 6.15. The van der Waals surface area contributed by atoms with Crippen LogP contribution in [0.3, 0.4) is 0 Å². The topological polar surface area (TPSA) is 83.2 Å². The van der Waals surface area contributed by atoms with Crippen molar-refractivity contribution in [2.75, 3.05) is 32.1 Å². The number of nitrogens with zero attached hydrogens (tertiary/aromatic N) is 5. The number of benzene rings is 1. The predicted molar refractivity (Wildman–Crippen MR) is 87.3 cm³/mol. The first-order valence-electron chi connectivity index (χ1n) is 7.50. The number of piperazine rings is 1. The Labute approximate surface area is 135 Å². The van der Waals surface area contributed by atoms with Gasteiger partial charge in [-0.1, -0.05) is 0 Å². The van der Waals surface area contributed by atoms with Gasteiger partial charge in [0, 0.05) is 38.9 Å². The Kier molecular flexibility index (Phi) is 3.82. The van der Waals surface area contributed by atoms with Gasteiger partial charge in [-0.3, -0.25) is 0 Å². The van der Waals surface area contributed by atoms with Gasteiger partial charge in [0.05, 0.1) is 23.6 Å². The second kappa shape index (κ2) is 5.80. The normalized spacial score (nSPS) is 22.7. The molecule has 0 spiro atoms. The van der Waals surface area contributed by atoms with E-state index >= 15 is 0 Å². The van der Waals surface area contributed by atoms with Gasteiger partial charge in [0.2, 0.25) is 0 Å². The molecule has 2 aliphatic rings. The molecule has 2 fully saturated rings. The molecule has 1 aromatic rings. The summed E-state index contributed by atoms with van der Waals surface area (Å²) < 4.78 is 0. The van der Waals surface area contributed by atoms with E-state index in [1.54, 1.807) is 6.34 Å². The molecule has 2 aliphatic heterocycles. The van der Waals surface area contributed by atoms with E-state index in [1.807, 2.05) is 37.2 Å². The average Bonchev–Trinajstić information content (AvgIpc) is 3.13. The van der Waals surface area contributed by atoms with Crippen molar-refractivity contribution < 1.29 is 9.90 Å². The van der Waals surface area contributed by atoms with Crippen LogP contribution in [0.4, 0.5) is 16.2 Å². The van der Waals surface area contributed by atoms with Crippen molar-refractivity contribution >= 4 is 23.8 Å². The number of hydrogen-bond donors (Lipinski definition) is 1. The van der Waals surface area contributed by atoms with Crippen LogP contribution >= 0.6 is 0 Å². The molecule has 2 heterocycles. The monoisotopic (exact) mass is 313 g/mol. The molecule has 23 heavy (non-hydrogen) atoms. The number of carbonyl (C=O) groups is 1. The summed E-state index contributed by atoms with van der Waals surface area (Å²) in [5.41, 5.74) is 2.13. The van der Waals surface area contributed by atoms with E-state index in [4.69, 9.17) is 5.11 Å². The lowest BCUT2D eigenvalue weighted by Gasteiger charge is -2.34. The fourth-order valence-corrected chi connectivity index (χ4v) is 3.30. The fourth-order valence-electron chi connectivity index (χ4n) is 3.30. The maximum atomic E-state index is 11.2. The molecule has 0 radical (unpaired) electrons. The molecule has 0 aliphatic carbocycles. The maximum Gasteiger partial charge on any atom is 0.407 e. The molecule has 2 saturated heterocycles. The van der Waals surface area contributed by atoms with Crippen molar-refractivity contribution in [1.82, 2.24) is 9.80 Å². The number of rotatable bonds is 3. The zero-order valence-electron chi connectivity index (χ0n) is 13.2. The Morgan fingerprint density at radius 3 is 2.78 bits per heavy atom. The lowest BCUT2D eigenvalue weighted by atomic mass is 10.1. The molecule has 0 aromatic heterocycles. The van der Waals surface area contributed by atoms with Crippen LogP contribution in [0.25, 0.3) is 0 Å². The smallest absolute Gasteiger partial charge is 0.407 e. The lowest BCUT2D eigenvalue weighted by molar-refractivity contribution is 0.137. The Morgan fingerprint density at radius 1 is 1.43 bits per heavy atom. The minimum absolute atomic E-state index is 0.0504. The summed E-state index contributed by atoms with van der Waals surface area (Å²) >= 11 is 0. The first kappa shape index (κ1) is 15.2. The SMILES string of the molecule is CN(C)C=Nc1ccc(N2CC3CC2CN3C(=O)O)cc1C#N. The first-order chi connectivity index (χ1) is 11.0. The van der Waals surface area contributed by atoms with E-state index in [0.29, 0.717) is 24.3 Å². The highest BCUT2D eigenvalue weighted by atomic mass is 16.4. The molecule has 1 aromatic carbocycles. The van der Waals surface area contributed by atoms with Crippen LogP contribution in [-0.4, -0.2) is 66.6 Å². The van der Waals surface area contributed by atoms with Gasteiger partial charge >= 0.3 is 6.09 Å². The van der Waals surface area contributed by atoms with Gasteiger partial charge in [0.25, 0.3) is 0 Å². The quantitative estimate of drug-likeness (QED) is 0.678. The van der Waals surface area contributed by atoms with Crippen molar-refractivity contribution in [2.45, 2.75) is 18.5 Å². The van der Waals surface area contributed by atoms with Crippen LogP contribution in [0.2, 0.25) is 0 Å². The molecule has 2 bridgehead atoms. The number of likely N-dealkylation sites (tertiary alicyclic amines) is 1. The summed E-state index contributed by atoms with van der Waals surface area (Å²) in [7, 11) is 3.75. The van der Waals surface area contributed by atoms with Gasteiger partial charge in [0.1, 0.15) is 6.07 Å². The van der Waals surface area contributed by atoms with Crippen LogP contribution in [0.1, 0.15) is 12.0 Å². The first-order valence-corrected chi connectivity index (χ1v) is 7.50. The highest BCUT2D eigenvalue weighted by Crippen LogP contribution is 2.36. The van der Waals surface area contributed by atoms with Gasteiger partial charge in [-0.2, -0.15) is 5.26 Å². The molecular weight excluding hydrogens is 294 g/mol. The summed E-state index contributed by atoms with van der Waals surface area (Å²) in [6.07, 6.45) is 1.68. The van der Waals surface area contributed by atoms with Crippen molar-refractivity contribution in [2.24, 2.45) is 4.99 Å². The number of anilines is 1. The number of nitriles is 1. The van der Waals surface area contributed by atoms with Gasteiger partial charge < -0.3 is 19.8 Å². The highest BCUT2D eigenvalue weighted by molar-refractivity contribution is 5.70. The molecule has 3 rings (SSSR count). The molecule has 2 unspecified atom stereocenters. The Balaban J connectivity index is 1.81. The molecule has 1 N–H and O–H groups in total. The third kappa shape index (κ3) is 2.80. The number of amides is 1. The van der Waals surface area contributed by atoms with E-state index in [-0.39, 0.29) is 12.1 Å². The van der Waals surface area contributed by atoms with E-state index in [0.717, 1.165) is 12.1 Å². The number of carboxylic acid groups (broad SMARTS) is 1. The standard InChI is InChI=1S/C16H19N5O2/c1-19(2)10-18-15-4-3-12(5-11(15)7-17)20-8-14-6-13(20)9-21(14)16(22)23/h3-5,10,13-14H,6,8-9H2,1-2H3,(H,22,23). The molecule has 7 heteroatoms. The zero-order valence-corrected chi connectivity index (χ0v) is 13.2. The van der Waals surface area contributed by atoms with Gasteiger partial charge in [-0.15, -0.1) is 0 Å². The van der Waals surface area contributed by atoms with E-state index in [9.17, 15) is 10.1 Å². The molecule has 1 amide bonds. The summed E-state index contributed by atoms with van der Waals surface area (Å²) in [5, 5.41) is 18.5. The number of hydrogen-bond acceptors (Lipinski definition) is 4. The van der Waals surface area contributed by atoms with E-state index in [2.05, 4.69) is 16.0 Å². The molecule has 120 valence electrons. The number of aliphatic imine (C=N–C) groups is 1. The van der Waals surface area contributed by atoms with Crippen LogP contribution in [0.15, 0.2) is 23.2 Å². The minimum atomic E-state index is -0.844. The maximum absolute atomic E-state index is 11.2. The largest absolute Gasteiger partial charge is 0.465 e. The van der Waals surface area contributed by atoms with Crippen molar-refractivity contribution in [3.05, 3.63) is 23.8 Å². The predicted octanol–water partition coefficient (Wildman–Crippen LogP) is 1.72. The van der Waals surface area contributed by atoms with Gasteiger partial charge in [-0.25, -0.2) is 9.79 Å². The van der Waals surface area contributed by atoms with Crippen LogP contribution < -0.4 is 4.90 Å². The van der Waals surface area contributed by atoms with Crippen LogP contribution in [0, 0.1) is 11.3 Å². The van der Waals surface area contributed by atoms with Gasteiger partial charge in [0.15, 0.2) is 0 Å². The molecular formula is C16H19N5O2. The zero-order chi connectivity index (χ0) is 16.6. The molecule has 7 nitrogen and oxygen atoms in total. The van der Waals surface area contributed by atoms with Crippen molar-refractivity contribution in [1.29, 1.82) is 5.26 Å². The fraction of sp³-hybridized carbons (Fsp3) is 0.438. The minimum Gasteiger partial charge on any atom is -0.465 e. The van der Waals surface area contributed by atoms with Crippen LogP contribution in [-0.2, 0) is 0 Å². The Morgan fingerprint density at radius 2 is 2.22 bits per heavy atom. The van der Waals surface area contributed by atoms with Gasteiger partial charge in [-0.05, 0) is 24.6 Å². The van der Waals surface area contributed by atoms with E-state index < -0.39 is 6.09 Å². The van der Waals surface area contributed by atoms with Crippen LogP contribution in [0.5, 0.6) is 0 Å². The second-order valence-electron chi connectivity index (χ2n) is 6.15. The van der Waals surface area contributed by atoms with E-state index in [1.165, 1.54) is 4.90 Å². The summed E-state index contributed by atoms with van der Waals surface area (Å²) in [6, 6.07) is 8.07. The summed E-state index contributed by atoms with van der Waals surface area (Å²) in [6.45, 7) is 1.21. The van der Waals surface area contributed by atoms with Crippen molar-refractivity contribution in [3.63, 3.8) is 0 Å². The van der Waals surface area contributed by atoms with Crippen molar-refractivity contribution in [3.8, 4) is 6.07 Å². The third-order valence-electron chi connectivity index (χ3n) is 4.35.